The fraction of sp³-hybridized carbons (Fsp3) is 0.375. The van der Waals surface area contributed by atoms with Crippen molar-refractivity contribution >= 4 is 10.0 Å². The number of sulfonamides is 1. The van der Waals surface area contributed by atoms with Gasteiger partial charge in [-0.3, -0.25) is 4.98 Å². The normalized spacial score (nSPS) is 13.7. The van der Waals surface area contributed by atoms with Crippen LogP contribution in [0.25, 0.3) is 0 Å². The van der Waals surface area contributed by atoms with E-state index in [0.717, 1.165) is 0 Å². The lowest BCUT2D eigenvalue weighted by atomic mass is 10.4. The predicted octanol–water partition coefficient (Wildman–Crippen LogP) is -1.29. The maximum atomic E-state index is 11.5. The Kier molecular flexibility index (Phi) is 4.15. The third kappa shape index (κ3) is 3.56. The molecule has 0 bridgehead atoms. The Morgan fingerprint density at radius 2 is 2.27 bits per heavy atom. The van der Waals surface area contributed by atoms with Gasteiger partial charge in [0.2, 0.25) is 10.0 Å². The first-order chi connectivity index (χ1) is 7.06. The Balaban J connectivity index is 2.69. The highest BCUT2D eigenvalue weighted by molar-refractivity contribution is 7.89. The van der Waals surface area contributed by atoms with E-state index in [1.54, 1.807) is 0 Å². The number of aliphatic hydroxyl groups is 2. The summed E-state index contributed by atoms with van der Waals surface area (Å²) in [4.78, 5) is 3.69. The molecule has 1 rings (SSSR count). The summed E-state index contributed by atoms with van der Waals surface area (Å²) in [5, 5.41) is 17.5. The van der Waals surface area contributed by atoms with Gasteiger partial charge < -0.3 is 10.2 Å². The maximum absolute atomic E-state index is 11.5. The van der Waals surface area contributed by atoms with E-state index in [0.29, 0.717) is 0 Å². The predicted molar refractivity (Wildman–Crippen MR) is 52.5 cm³/mol. The molecule has 1 atom stereocenters. The number of nitrogens with one attached hydrogen (secondary N) is 1. The summed E-state index contributed by atoms with van der Waals surface area (Å²) in [7, 11) is -3.65. The minimum Gasteiger partial charge on any atom is -0.394 e. The fourth-order valence-electron chi connectivity index (χ4n) is 0.860. The third-order valence-electron chi connectivity index (χ3n) is 1.66. The Morgan fingerprint density at radius 3 is 2.80 bits per heavy atom. The molecule has 1 unspecified atom stereocenters. The second-order valence-corrected chi connectivity index (χ2v) is 4.64. The number of aliphatic hydroxyl groups excluding tert-OH is 2. The Labute approximate surface area is 87.6 Å². The molecule has 0 aromatic carbocycles. The first-order valence-corrected chi connectivity index (χ1v) is 5.73. The number of aromatic nitrogens is 1. The van der Waals surface area contributed by atoms with E-state index >= 15 is 0 Å². The molecular weight excluding hydrogens is 220 g/mol. The molecule has 0 aliphatic carbocycles. The Bertz CT molecular complexity index is 392. The van der Waals surface area contributed by atoms with Gasteiger partial charge in [0.05, 0.1) is 12.7 Å². The van der Waals surface area contributed by atoms with Gasteiger partial charge in [-0.1, -0.05) is 0 Å². The van der Waals surface area contributed by atoms with Crippen LogP contribution in [0.1, 0.15) is 0 Å². The lowest BCUT2D eigenvalue weighted by molar-refractivity contribution is 0.0988. The van der Waals surface area contributed by atoms with Crippen LogP contribution in [0.5, 0.6) is 0 Å². The van der Waals surface area contributed by atoms with E-state index in [1.165, 1.54) is 24.5 Å². The average Bonchev–Trinajstić information content (AvgIpc) is 2.27. The van der Waals surface area contributed by atoms with Crippen molar-refractivity contribution in [1.82, 2.24) is 9.71 Å². The zero-order chi connectivity index (χ0) is 11.3. The van der Waals surface area contributed by atoms with Crippen LogP contribution in [-0.2, 0) is 10.0 Å². The van der Waals surface area contributed by atoms with Gasteiger partial charge in [0.1, 0.15) is 4.90 Å². The summed E-state index contributed by atoms with van der Waals surface area (Å²) >= 11 is 0. The SMILES string of the molecule is O=S(=O)(NCC(O)CO)c1cccnc1. The number of hydrogen-bond acceptors (Lipinski definition) is 5. The van der Waals surface area contributed by atoms with Crippen molar-refractivity contribution in [2.75, 3.05) is 13.2 Å². The molecule has 0 saturated carbocycles. The molecule has 1 aromatic rings. The van der Waals surface area contributed by atoms with Gasteiger partial charge in [-0.05, 0) is 12.1 Å². The smallest absolute Gasteiger partial charge is 0.242 e. The second kappa shape index (κ2) is 5.17. The van der Waals surface area contributed by atoms with Crippen LogP contribution in [0.4, 0.5) is 0 Å². The molecule has 3 N–H and O–H groups in total. The van der Waals surface area contributed by atoms with Crippen LogP contribution >= 0.6 is 0 Å². The molecule has 6 nitrogen and oxygen atoms in total. The first kappa shape index (κ1) is 12.1. The van der Waals surface area contributed by atoms with E-state index in [1.807, 2.05) is 0 Å². The van der Waals surface area contributed by atoms with Gasteiger partial charge in [-0.2, -0.15) is 0 Å². The first-order valence-electron chi connectivity index (χ1n) is 4.25. The summed E-state index contributed by atoms with van der Waals surface area (Å²) in [5.74, 6) is 0. The molecule has 0 fully saturated rings. The van der Waals surface area contributed by atoms with Crippen molar-refractivity contribution in [1.29, 1.82) is 0 Å². The molecular formula is C8H12N2O4S. The quantitative estimate of drug-likeness (QED) is 0.587. The molecule has 84 valence electrons. The highest BCUT2D eigenvalue weighted by Crippen LogP contribution is 2.04. The largest absolute Gasteiger partial charge is 0.394 e. The molecule has 0 aliphatic rings. The zero-order valence-electron chi connectivity index (χ0n) is 7.87. The van der Waals surface area contributed by atoms with E-state index in [-0.39, 0.29) is 11.4 Å². The maximum Gasteiger partial charge on any atom is 0.242 e. The average molecular weight is 232 g/mol. The highest BCUT2D eigenvalue weighted by Gasteiger charge is 2.14. The summed E-state index contributed by atoms with van der Waals surface area (Å²) < 4.78 is 25.2. The lowest BCUT2D eigenvalue weighted by Crippen LogP contribution is -2.33. The van der Waals surface area contributed by atoms with Crippen molar-refractivity contribution < 1.29 is 18.6 Å². The molecule has 0 saturated heterocycles. The summed E-state index contributed by atoms with van der Waals surface area (Å²) in [5.41, 5.74) is 0. The van der Waals surface area contributed by atoms with Crippen LogP contribution in [0.2, 0.25) is 0 Å². The highest BCUT2D eigenvalue weighted by atomic mass is 32.2. The molecule has 15 heavy (non-hydrogen) atoms. The zero-order valence-corrected chi connectivity index (χ0v) is 8.68. The molecule has 1 heterocycles. The number of hydrogen-bond donors (Lipinski definition) is 3. The van der Waals surface area contributed by atoms with Gasteiger partial charge in [0.15, 0.2) is 0 Å². The molecule has 0 aliphatic heterocycles. The molecule has 0 radical (unpaired) electrons. The van der Waals surface area contributed by atoms with Crippen LogP contribution in [0, 0.1) is 0 Å². The lowest BCUT2D eigenvalue weighted by Gasteiger charge is -2.09. The van der Waals surface area contributed by atoms with Crippen LogP contribution in [0.3, 0.4) is 0 Å². The molecule has 0 spiro atoms. The van der Waals surface area contributed by atoms with E-state index in [4.69, 9.17) is 10.2 Å². The number of rotatable bonds is 5. The van der Waals surface area contributed by atoms with Crippen molar-refractivity contribution in [3.8, 4) is 0 Å². The standard InChI is InChI=1S/C8H12N2O4S/c11-6-7(12)4-10-15(13,14)8-2-1-3-9-5-8/h1-3,5,7,10-12H,4,6H2. The number of pyridine rings is 1. The van der Waals surface area contributed by atoms with Crippen molar-refractivity contribution in [3.63, 3.8) is 0 Å². The van der Waals surface area contributed by atoms with Gasteiger partial charge in [-0.25, -0.2) is 13.1 Å². The van der Waals surface area contributed by atoms with E-state index in [9.17, 15) is 8.42 Å². The van der Waals surface area contributed by atoms with Crippen molar-refractivity contribution in [3.05, 3.63) is 24.5 Å². The van der Waals surface area contributed by atoms with E-state index < -0.39 is 22.7 Å². The molecule has 1 aromatic heterocycles. The second-order valence-electron chi connectivity index (χ2n) is 2.88. The van der Waals surface area contributed by atoms with Gasteiger partial charge in [0.25, 0.3) is 0 Å². The van der Waals surface area contributed by atoms with Gasteiger partial charge >= 0.3 is 0 Å². The monoisotopic (exact) mass is 232 g/mol. The van der Waals surface area contributed by atoms with Crippen LogP contribution in [-0.4, -0.2) is 42.9 Å². The summed E-state index contributed by atoms with van der Waals surface area (Å²) in [6.45, 7) is -0.719. The number of nitrogens with zero attached hydrogens (tertiary/aromatic N) is 1. The van der Waals surface area contributed by atoms with Crippen LogP contribution in [0.15, 0.2) is 29.4 Å². The minimum atomic E-state index is -3.65. The molecule has 0 amide bonds. The topological polar surface area (TPSA) is 99.5 Å². The van der Waals surface area contributed by atoms with Crippen molar-refractivity contribution in [2.45, 2.75) is 11.0 Å². The van der Waals surface area contributed by atoms with Crippen LogP contribution < -0.4 is 4.72 Å². The minimum absolute atomic E-state index is 0.0233. The Hall–Kier alpha value is -1.02. The van der Waals surface area contributed by atoms with Gasteiger partial charge in [0, 0.05) is 18.9 Å². The summed E-state index contributed by atoms with van der Waals surface area (Å²) in [6, 6.07) is 2.89. The Morgan fingerprint density at radius 1 is 1.53 bits per heavy atom. The third-order valence-corrected chi connectivity index (χ3v) is 3.07. The molecule has 7 heteroatoms. The van der Waals surface area contributed by atoms with Gasteiger partial charge in [-0.15, -0.1) is 0 Å². The summed E-state index contributed by atoms with van der Waals surface area (Å²) in [6.07, 6.45) is 1.56. The fourth-order valence-corrected chi connectivity index (χ4v) is 1.90. The van der Waals surface area contributed by atoms with E-state index in [2.05, 4.69) is 9.71 Å². The van der Waals surface area contributed by atoms with Crippen molar-refractivity contribution in [2.24, 2.45) is 0 Å².